The summed E-state index contributed by atoms with van der Waals surface area (Å²) in [6, 6.07) is 6.64. The monoisotopic (exact) mass is 287 g/mol. The van der Waals surface area contributed by atoms with E-state index in [1.807, 2.05) is 6.92 Å². The number of piperidine rings is 1. The van der Waals surface area contributed by atoms with Crippen LogP contribution in [0.1, 0.15) is 30.1 Å². The lowest BCUT2D eigenvalue weighted by Gasteiger charge is -2.22. The lowest BCUT2D eigenvalue weighted by molar-refractivity contribution is 0.460. The van der Waals surface area contributed by atoms with Crippen LogP contribution in [0.5, 0.6) is 0 Å². The zero-order valence-electron chi connectivity index (χ0n) is 10.4. The van der Waals surface area contributed by atoms with Crippen molar-refractivity contribution in [2.24, 2.45) is 0 Å². The molecule has 5 heteroatoms. The molecular formula is C13H19Cl2N3. The molecule has 0 aliphatic carbocycles. The molecule has 1 aliphatic heterocycles. The van der Waals surface area contributed by atoms with Crippen LogP contribution < -0.4 is 5.32 Å². The van der Waals surface area contributed by atoms with Crippen LogP contribution in [0.3, 0.4) is 0 Å². The van der Waals surface area contributed by atoms with E-state index in [0.717, 1.165) is 24.4 Å². The predicted octanol–water partition coefficient (Wildman–Crippen LogP) is 3.18. The maximum Gasteiger partial charge on any atom is 0.104 e. The van der Waals surface area contributed by atoms with Gasteiger partial charge < -0.3 is 10.3 Å². The van der Waals surface area contributed by atoms with Gasteiger partial charge in [0.05, 0.1) is 11.0 Å². The molecule has 3 rings (SSSR count). The molecule has 1 aliphatic rings. The lowest BCUT2D eigenvalue weighted by atomic mass is 9.90. The minimum atomic E-state index is 0. The molecule has 18 heavy (non-hydrogen) atoms. The zero-order valence-corrected chi connectivity index (χ0v) is 12.0. The Kier molecular flexibility index (Phi) is 5.45. The largest absolute Gasteiger partial charge is 0.342 e. The van der Waals surface area contributed by atoms with Gasteiger partial charge in [0.15, 0.2) is 0 Å². The third-order valence-electron chi connectivity index (χ3n) is 3.43. The Morgan fingerprint density at radius 1 is 1.17 bits per heavy atom. The average Bonchev–Trinajstić information content (AvgIpc) is 2.69. The van der Waals surface area contributed by atoms with Gasteiger partial charge in [-0.3, -0.25) is 0 Å². The normalized spacial score (nSPS) is 16.1. The SMILES string of the molecule is Cc1nc2ccc(C3CCNCC3)cc2[nH]1.Cl.Cl. The summed E-state index contributed by atoms with van der Waals surface area (Å²) in [4.78, 5) is 7.74. The molecule has 0 spiro atoms. The highest BCUT2D eigenvalue weighted by atomic mass is 35.5. The van der Waals surface area contributed by atoms with Crippen LogP contribution in [0, 0.1) is 6.92 Å². The van der Waals surface area contributed by atoms with Crippen molar-refractivity contribution >= 4 is 35.8 Å². The van der Waals surface area contributed by atoms with Crippen LogP contribution in [0.25, 0.3) is 11.0 Å². The average molecular weight is 288 g/mol. The van der Waals surface area contributed by atoms with Crippen LogP contribution >= 0.6 is 24.8 Å². The number of aromatic nitrogens is 2. The topological polar surface area (TPSA) is 40.7 Å². The summed E-state index contributed by atoms with van der Waals surface area (Å²) in [5.41, 5.74) is 3.71. The molecule has 1 saturated heterocycles. The first kappa shape index (κ1) is 15.3. The summed E-state index contributed by atoms with van der Waals surface area (Å²) in [5.74, 6) is 1.71. The van der Waals surface area contributed by atoms with Crippen LogP contribution in [0.15, 0.2) is 18.2 Å². The highest BCUT2D eigenvalue weighted by Crippen LogP contribution is 2.27. The van der Waals surface area contributed by atoms with Crippen LogP contribution in [0.2, 0.25) is 0 Å². The van der Waals surface area contributed by atoms with Gasteiger partial charge in [-0.2, -0.15) is 0 Å². The molecule has 0 saturated carbocycles. The summed E-state index contributed by atoms with van der Waals surface area (Å²) in [7, 11) is 0. The number of aryl methyl sites for hydroxylation is 1. The molecule has 0 radical (unpaired) electrons. The van der Waals surface area contributed by atoms with Crippen molar-refractivity contribution in [1.82, 2.24) is 15.3 Å². The van der Waals surface area contributed by atoms with Gasteiger partial charge in [0.2, 0.25) is 0 Å². The Bertz CT molecular complexity index is 504. The summed E-state index contributed by atoms with van der Waals surface area (Å²) >= 11 is 0. The number of fused-ring (bicyclic) bond motifs is 1. The van der Waals surface area contributed by atoms with Crippen molar-refractivity contribution < 1.29 is 0 Å². The van der Waals surface area contributed by atoms with Crippen molar-refractivity contribution in [1.29, 1.82) is 0 Å². The molecule has 2 heterocycles. The maximum atomic E-state index is 4.43. The molecule has 0 unspecified atom stereocenters. The Labute approximate surface area is 120 Å². The van der Waals surface area contributed by atoms with Gasteiger partial charge >= 0.3 is 0 Å². The van der Waals surface area contributed by atoms with Gasteiger partial charge in [-0.05, 0) is 56.5 Å². The summed E-state index contributed by atoms with van der Waals surface area (Å²) in [5, 5.41) is 3.41. The molecule has 1 fully saturated rings. The Morgan fingerprint density at radius 3 is 2.61 bits per heavy atom. The van der Waals surface area contributed by atoms with Crippen molar-refractivity contribution in [3.63, 3.8) is 0 Å². The van der Waals surface area contributed by atoms with E-state index in [1.54, 1.807) is 0 Å². The lowest BCUT2D eigenvalue weighted by Crippen LogP contribution is -2.26. The number of hydrogen-bond donors (Lipinski definition) is 2. The molecule has 0 bridgehead atoms. The first-order chi connectivity index (χ1) is 7.83. The van der Waals surface area contributed by atoms with E-state index in [1.165, 1.54) is 23.9 Å². The number of rotatable bonds is 1. The Morgan fingerprint density at radius 2 is 1.89 bits per heavy atom. The fraction of sp³-hybridized carbons (Fsp3) is 0.462. The second-order valence-electron chi connectivity index (χ2n) is 4.62. The Hall–Kier alpha value is -0.770. The predicted molar refractivity (Wildman–Crippen MR) is 80.2 cm³/mol. The fourth-order valence-corrected chi connectivity index (χ4v) is 2.56. The third kappa shape index (κ3) is 2.97. The molecule has 0 amide bonds. The van der Waals surface area contributed by atoms with E-state index in [9.17, 15) is 0 Å². The number of H-pyrrole nitrogens is 1. The summed E-state index contributed by atoms with van der Waals surface area (Å²) < 4.78 is 0. The van der Waals surface area contributed by atoms with Gasteiger partial charge in [-0.15, -0.1) is 24.8 Å². The zero-order chi connectivity index (χ0) is 11.0. The summed E-state index contributed by atoms with van der Waals surface area (Å²) in [6.07, 6.45) is 2.50. The van der Waals surface area contributed by atoms with Crippen LogP contribution in [-0.4, -0.2) is 23.1 Å². The second kappa shape index (κ2) is 6.41. The van der Waals surface area contributed by atoms with Gasteiger partial charge in [-0.25, -0.2) is 4.98 Å². The number of aromatic amines is 1. The standard InChI is InChI=1S/C13H17N3.2ClH/c1-9-15-12-3-2-11(8-13(12)16-9)10-4-6-14-7-5-10;;/h2-3,8,10,14H,4-7H2,1H3,(H,15,16);2*1H. The molecule has 1 aromatic carbocycles. The van der Waals surface area contributed by atoms with E-state index in [0.29, 0.717) is 5.92 Å². The van der Waals surface area contributed by atoms with E-state index in [2.05, 4.69) is 33.5 Å². The first-order valence-corrected chi connectivity index (χ1v) is 6.00. The van der Waals surface area contributed by atoms with Crippen molar-refractivity contribution in [3.8, 4) is 0 Å². The first-order valence-electron chi connectivity index (χ1n) is 6.00. The smallest absolute Gasteiger partial charge is 0.104 e. The highest BCUT2D eigenvalue weighted by molar-refractivity contribution is 5.85. The molecule has 2 N–H and O–H groups in total. The number of hydrogen-bond acceptors (Lipinski definition) is 2. The van der Waals surface area contributed by atoms with Crippen LogP contribution in [0.4, 0.5) is 0 Å². The number of halogens is 2. The van der Waals surface area contributed by atoms with Gasteiger partial charge in [0.25, 0.3) is 0 Å². The second-order valence-corrected chi connectivity index (χ2v) is 4.62. The maximum absolute atomic E-state index is 4.43. The van der Waals surface area contributed by atoms with Crippen LogP contribution in [-0.2, 0) is 0 Å². The molecule has 0 atom stereocenters. The van der Waals surface area contributed by atoms with E-state index in [4.69, 9.17) is 0 Å². The number of nitrogens with one attached hydrogen (secondary N) is 2. The number of nitrogens with zero attached hydrogens (tertiary/aromatic N) is 1. The molecule has 1 aromatic heterocycles. The van der Waals surface area contributed by atoms with E-state index < -0.39 is 0 Å². The third-order valence-corrected chi connectivity index (χ3v) is 3.43. The molecular weight excluding hydrogens is 269 g/mol. The highest BCUT2D eigenvalue weighted by Gasteiger charge is 2.15. The van der Waals surface area contributed by atoms with Crippen molar-refractivity contribution in [2.75, 3.05) is 13.1 Å². The molecule has 3 nitrogen and oxygen atoms in total. The van der Waals surface area contributed by atoms with E-state index >= 15 is 0 Å². The Balaban J connectivity index is 0.000000810. The molecule has 100 valence electrons. The minimum absolute atomic E-state index is 0. The quantitative estimate of drug-likeness (QED) is 0.846. The van der Waals surface area contributed by atoms with Crippen molar-refractivity contribution in [3.05, 3.63) is 29.6 Å². The van der Waals surface area contributed by atoms with Crippen molar-refractivity contribution in [2.45, 2.75) is 25.7 Å². The summed E-state index contributed by atoms with van der Waals surface area (Å²) in [6.45, 7) is 4.29. The number of imidazole rings is 1. The fourth-order valence-electron chi connectivity index (χ4n) is 2.56. The van der Waals surface area contributed by atoms with Gasteiger partial charge in [-0.1, -0.05) is 6.07 Å². The van der Waals surface area contributed by atoms with E-state index in [-0.39, 0.29) is 24.8 Å². The minimum Gasteiger partial charge on any atom is -0.342 e. The number of benzene rings is 1. The van der Waals surface area contributed by atoms with Gasteiger partial charge in [0.1, 0.15) is 5.82 Å². The molecule has 2 aromatic rings. The van der Waals surface area contributed by atoms with Gasteiger partial charge in [0, 0.05) is 0 Å².